The molecule has 1 saturated carbocycles. The van der Waals surface area contributed by atoms with Gasteiger partial charge in [0.25, 0.3) is 0 Å². The second-order valence-electron chi connectivity index (χ2n) is 4.75. The van der Waals surface area contributed by atoms with Crippen molar-refractivity contribution >= 4 is 23.7 Å². The van der Waals surface area contributed by atoms with Gasteiger partial charge in [-0.25, -0.2) is 4.79 Å². The minimum atomic E-state index is -0.958. The number of ether oxygens (including phenoxy) is 1. The van der Waals surface area contributed by atoms with E-state index in [4.69, 9.17) is 9.84 Å². The highest BCUT2D eigenvalue weighted by atomic mass is 32.2. The van der Waals surface area contributed by atoms with Gasteiger partial charge in [-0.1, -0.05) is 13.8 Å². The average Bonchev–Trinajstić information content (AvgIpc) is 2.83. The van der Waals surface area contributed by atoms with E-state index in [-0.39, 0.29) is 17.3 Å². The van der Waals surface area contributed by atoms with Crippen molar-refractivity contribution in [3.05, 3.63) is 10.7 Å². The summed E-state index contributed by atoms with van der Waals surface area (Å²) in [5.74, 6) is -2.91. The standard InChI is InChI=1S/C12H18O5S/c1-5-17-11(16)9(18-4)8(13)6-7(10(14)15)12(6,2)3/h6-7,13H,5H2,1-4H3,(H,14,15)/t6-,7+/m1/s1. The van der Waals surface area contributed by atoms with Crippen LogP contribution in [0.5, 0.6) is 0 Å². The Kier molecular flexibility index (Phi) is 4.32. The lowest BCUT2D eigenvalue weighted by molar-refractivity contribution is -0.140. The summed E-state index contributed by atoms with van der Waals surface area (Å²) in [6.45, 7) is 5.41. The third-order valence-electron chi connectivity index (χ3n) is 3.29. The topological polar surface area (TPSA) is 83.8 Å². The van der Waals surface area contributed by atoms with Gasteiger partial charge in [0.1, 0.15) is 10.7 Å². The Morgan fingerprint density at radius 3 is 2.17 bits per heavy atom. The fraction of sp³-hybridized carbons (Fsp3) is 0.667. The molecule has 6 heteroatoms. The highest BCUT2D eigenvalue weighted by Gasteiger charge is 2.65. The van der Waals surface area contributed by atoms with Gasteiger partial charge < -0.3 is 14.9 Å². The van der Waals surface area contributed by atoms with Crippen LogP contribution >= 0.6 is 11.8 Å². The number of esters is 1. The molecule has 1 aliphatic carbocycles. The number of hydrogen-bond donors (Lipinski definition) is 2. The summed E-state index contributed by atoms with van der Waals surface area (Å²) < 4.78 is 4.83. The number of allylic oxidation sites excluding steroid dienone is 1. The number of carboxylic acid groups (broad SMARTS) is 1. The molecule has 1 rings (SSSR count). The molecule has 0 amide bonds. The molecule has 0 saturated heterocycles. The molecular formula is C12H18O5S. The zero-order valence-electron chi connectivity index (χ0n) is 10.9. The molecule has 0 aromatic rings. The van der Waals surface area contributed by atoms with E-state index in [1.807, 2.05) is 0 Å². The number of carbonyl (C=O) groups excluding carboxylic acids is 1. The predicted octanol–water partition coefficient (Wildman–Crippen LogP) is 2.04. The summed E-state index contributed by atoms with van der Waals surface area (Å²) in [6.07, 6.45) is 1.65. The second kappa shape index (κ2) is 5.22. The van der Waals surface area contributed by atoms with Gasteiger partial charge in [-0.3, -0.25) is 4.79 Å². The zero-order valence-corrected chi connectivity index (χ0v) is 11.7. The van der Waals surface area contributed by atoms with E-state index in [0.29, 0.717) is 0 Å². The SMILES string of the molecule is CCOC(=O)C(SC)=C(O)[C@H]1[C@@H](C(=O)O)C1(C)C. The second-order valence-corrected chi connectivity index (χ2v) is 5.57. The summed E-state index contributed by atoms with van der Waals surface area (Å²) in [4.78, 5) is 22.8. The van der Waals surface area contributed by atoms with Gasteiger partial charge in [0, 0.05) is 5.92 Å². The van der Waals surface area contributed by atoms with E-state index in [1.54, 1.807) is 27.0 Å². The number of hydrogen-bond acceptors (Lipinski definition) is 5. The lowest BCUT2D eigenvalue weighted by Gasteiger charge is -2.08. The molecule has 102 valence electrons. The van der Waals surface area contributed by atoms with Crippen molar-refractivity contribution in [3.8, 4) is 0 Å². The van der Waals surface area contributed by atoms with Crippen LogP contribution in [0.15, 0.2) is 10.7 Å². The molecule has 18 heavy (non-hydrogen) atoms. The molecule has 0 spiro atoms. The van der Waals surface area contributed by atoms with Crippen LogP contribution in [0, 0.1) is 17.3 Å². The van der Waals surface area contributed by atoms with E-state index in [9.17, 15) is 14.7 Å². The molecule has 0 radical (unpaired) electrons. The molecule has 2 N–H and O–H groups in total. The van der Waals surface area contributed by atoms with Crippen LogP contribution in [0.25, 0.3) is 0 Å². The normalized spacial score (nSPS) is 26.2. The molecule has 0 aliphatic heterocycles. The number of rotatable bonds is 5. The van der Waals surface area contributed by atoms with Gasteiger partial charge in [0.15, 0.2) is 0 Å². The number of carboxylic acids is 1. The Balaban J connectivity index is 3.01. The van der Waals surface area contributed by atoms with Crippen molar-refractivity contribution in [3.63, 3.8) is 0 Å². The van der Waals surface area contributed by atoms with Crippen molar-refractivity contribution in [2.75, 3.05) is 12.9 Å². The number of aliphatic hydroxyl groups excluding tert-OH is 1. The van der Waals surface area contributed by atoms with Gasteiger partial charge in [-0.15, -0.1) is 11.8 Å². The molecule has 2 atom stereocenters. The fourth-order valence-electron chi connectivity index (χ4n) is 2.24. The summed E-state index contributed by atoms with van der Waals surface area (Å²) in [5.41, 5.74) is -0.538. The van der Waals surface area contributed by atoms with Crippen molar-refractivity contribution in [1.29, 1.82) is 0 Å². The molecule has 5 nitrogen and oxygen atoms in total. The first kappa shape index (κ1) is 14.9. The third-order valence-corrected chi connectivity index (χ3v) is 4.07. The smallest absolute Gasteiger partial charge is 0.348 e. The van der Waals surface area contributed by atoms with Gasteiger partial charge >= 0.3 is 11.9 Å². The Morgan fingerprint density at radius 1 is 1.28 bits per heavy atom. The van der Waals surface area contributed by atoms with Crippen LogP contribution < -0.4 is 0 Å². The van der Waals surface area contributed by atoms with Crippen molar-refractivity contribution in [1.82, 2.24) is 0 Å². The Labute approximate surface area is 110 Å². The minimum Gasteiger partial charge on any atom is -0.511 e. The van der Waals surface area contributed by atoms with E-state index in [0.717, 1.165) is 11.8 Å². The fourth-order valence-corrected chi connectivity index (χ4v) is 2.80. The predicted molar refractivity (Wildman–Crippen MR) is 68.2 cm³/mol. The molecular weight excluding hydrogens is 256 g/mol. The Hall–Kier alpha value is -1.17. The number of thioether (sulfide) groups is 1. The van der Waals surface area contributed by atoms with Crippen molar-refractivity contribution < 1.29 is 24.5 Å². The van der Waals surface area contributed by atoms with Crippen LogP contribution in [0.1, 0.15) is 20.8 Å². The molecule has 0 aromatic heterocycles. The van der Waals surface area contributed by atoms with Crippen LogP contribution in [-0.2, 0) is 14.3 Å². The Bertz CT molecular complexity index is 399. The molecule has 1 fully saturated rings. The maximum Gasteiger partial charge on any atom is 0.348 e. The molecule has 1 aliphatic rings. The van der Waals surface area contributed by atoms with E-state index in [2.05, 4.69) is 0 Å². The maximum atomic E-state index is 11.6. The summed E-state index contributed by atoms with van der Waals surface area (Å²) in [5, 5.41) is 19.1. The zero-order chi connectivity index (χ0) is 14.1. The summed E-state index contributed by atoms with van der Waals surface area (Å²) >= 11 is 1.07. The molecule has 0 heterocycles. The van der Waals surface area contributed by atoms with E-state index >= 15 is 0 Å². The lowest BCUT2D eigenvalue weighted by atomic mass is 10.1. The summed E-state index contributed by atoms with van der Waals surface area (Å²) in [6, 6.07) is 0. The monoisotopic (exact) mass is 274 g/mol. The minimum absolute atomic E-state index is 0.0960. The lowest BCUT2D eigenvalue weighted by Crippen LogP contribution is -2.10. The van der Waals surface area contributed by atoms with E-state index < -0.39 is 29.2 Å². The maximum absolute atomic E-state index is 11.6. The Morgan fingerprint density at radius 2 is 1.83 bits per heavy atom. The van der Waals surface area contributed by atoms with Gasteiger partial charge in [-0.2, -0.15) is 0 Å². The van der Waals surface area contributed by atoms with Gasteiger partial charge in [0.2, 0.25) is 0 Å². The first-order chi connectivity index (χ1) is 8.28. The third kappa shape index (κ3) is 2.48. The van der Waals surface area contributed by atoms with Gasteiger partial charge in [0.05, 0.1) is 12.5 Å². The largest absolute Gasteiger partial charge is 0.511 e. The summed E-state index contributed by atoms with van der Waals surface area (Å²) in [7, 11) is 0. The van der Waals surface area contributed by atoms with Crippen LogP contribution in [0.4, 0.5) is 0 Å². The molecule has 0 aromatic carbocycles. The number of aliphatic carboxylic acids is 1. The quantitative estimate of drug-likeness (QED) is 0.453. The highest BCUT2D eigenvalue weighted by molar-refractivity contribution is 8.03. The van der Waals surface area contributed by atoms with Crippen LogP contribution in [-0.4, -0.2) is 35.0 Å². The number of aliphatic hydroxyl groups is 1. The van der Waals surface area contributed by atoms with Gasteiger partial charge in [-0.05, 0) is 18.6 Å². The van der Waals surface area contributed by atoms with Crippen LogP contribution in [0.3, 0.4) is 0 Å². The highest BCUT2D eigenvalue weighted by Crippen LogP contribution is 2.62. The van der Waals surface area contributed by atoms with E-state index in [1.165, 1.54) is 0 Å². The molecule has 0 unspecified atom stereocenters. The number of carbonyl (C=O) groups is 2. The molecule has 0 bridgehead atoms. The first-order valence-electron chi connectivity index (χ1n) is 5.66. The van der Waals surface area contributed by atoms with Crippen molar-refractivity contribution in [2.24, 2.45) is 17.3 Å². The first-order valence-corrected chi connectivity index (χ1v) is 6.88. The average molecular weight is 274 g/mol. The van der Waals surface area contributed by atoms with Crippen molar-refractivity contribution in [2.45, 2.75) is 20.8 Å². The van der Waals surface area contributed by atoms with Crippen LogP contribution in [0.2, 0.25) is 0 Å².